The molecule has 3 unspecified atom stereocenters. The number of carbonyl (C=O) groups is 1. The van der Waals surface area contributed by atoms with Gasteiger partial charge >= 0.3 is 5.97 Å². The largest absolute Gasteiger partial charge is 0.493 e. The van der Waals surface area contributed by atoms with Gasteiger partial charge in [0.05, 0.1) is 19.3 Å². The Morgan fingerprint density at radius 3 is 2.75 bits per heavy atom. The summed E-state index contributed by atoms with van der Waals surface area (Å²) in [5.74, 6) is 2.56. The van der Waals surface area contributed by atoms with Crippen LogP contribution in [0.5, 0.6) is 11.5 Å². The number of benzene rings is 1. The van der Waals surface area contributed by atoms with Crippen LogP contribution in [0, 0.1) is 17.8 Å². The van der Waals surface area contributed by atoms with Crippen LogP contribution in [0.3, 0.4) is 0 Å². The first kappa shape index (κ1) is 13.3. The van der Waals surface area contributed by atoms with Crippen molar-refractivity contribution in [3.8, 4) is 11.5 Å². The summed E-state index contributed by atoms with van der Waals surface area (Å²) < 4.78 is 11.1. The average molecular weight is 276 g/mol. The van der Waals surface area contributed by atoms with Crippen molar-refractivity contribution >= 4 is 5.97 Å². The second kappa shape index (κ2) is 5.35. The van der Waals surface area contributed by atoms with E-state index in [1.54, 1.807) is 12.1 Å². The maximum Gasteiger partial charge on any atom is 0.335 e. The standard InChI is InChI=1S/C16H20O4/c1-19-15-8-12(16(17)18)4-5-14(15)20-9-13-7-10-2-3-11(13)6-10/h4-5,8,10-11,13H,2-3,6-7,9H2,1H3,(H,17,18). The third-order valence-corrected chi connectivity index (χ3v) is 4.75. The molecule has 20 heavy (non-hydrogen) atoms. The Morgan fingerprint density at radius 1 is 1.30 bits per heavy atom. The summed E-state index contributed by atoms with van der Waals surface area (Å²) in [5.41, 5.74) is 0.217. The molecule has 0 aliphatic heterocycles. The van der Waals surface area contributed by atoms with Gasteiger partial charge in [-0.05, 0) is 55.2 Å². The van der Waals surface area contributed by atoms with Crippen LogP contribution in [0.4, 0.5) is 0 Å². The molecule has 2 aliphatic rings. The van der Waals surface area contributed by atoms with Crippen molar-refractivity contribution in [1.82, 2.24) is 0 Å². The normalized spacial score (nSPS) is 27.6. The third-order valence-electron chi connectivity index (χ3n) is 4.75. The molecular formula is C16H20O4. The minimum absolute atomic E-state index is 0.217. The molecule has 2 saturated carbocycles. The van der Waals surface area contributed by atoms with Gasteiger partial charge in [0.25, 0.3) is 0 Å². The second-order valence-electron chi connectivity index (χ2n) is 5.92. The van der Waals surface area contributed by atoms with Crippen molar-refractivity contribution in [2.24, 2.45) is 17.8 Å². The van der Waals surface area contributed by atoms with Gasteiger partial charge < -0.3 is 14.6 Å². The molecule has 0 saturated heterocycles. The van der Waals surface area contributed by atoms with Gasteiger partial charge in [-0.25, -0.2) is 4.79 Å². The molecule has 3 atom stereocenters. The van der Waals surface area contributed by atoms with Gasteiger partial charge in [-0.15, -0.1) is 0 Å². The van der Waals surface area contributed by atoms with E-state index in [-0.39, 0.29) is 5.56 Å². The first-order valence-electron chi connectivity index (χ1n) is 7.21. The molecule has 1 aromatic rings. The van der Waals surface area contributed by atoms with Crippen LogP contribution in [0.2, 0.25) is 0 Å². The summed E-state index contributed by atoms with van der Waals surface area (Å²) in [5, 5.41) is 8.97. The van der Waals surface area contributed by atoms with Gasteiger partial charge in [0, 0.05) is 0 Å². The zero-order valence-electron chi connectivity index (χ0n) is 11.7. The van der Waals surface area contributed by atoms with E-state index in [2.05, 4.69) is 0 Å². The van der Waals surface area contributed by atoms with E-state index in [9.17, 15) is 4.79 Å². The Morgan fingerprint density at radius 2 is 2.15 bits per heavy atom. The van der Waals surface area contributed by atoms with Crippen molar-refractivity contribution in [3.63, 3.8) is 0 Å². The first-order valence-corrected chi connectivity index (χ1v) is 7.21. The lowest BCUT2D eigenvalue weighted by atomic mass is 9.89. The van der Waals surface area contributed by atoms with E-state index < -0.39 is 5.97 Å². The van der Waals surface area contributed by atoms with Crippen LogP contribution in [0.1, 0.15) is 36.0 Å². The third kappa shape index (κ3) is 2.47. The van der Waals surface area contributed by atoms with Crippen molar-refractivity contribution in [3.05, 3.63) is 23.8 Å². The van der Waals surface area contributed by atoms with E-state index in [0.29, 0.717) is 24.0 Å². The molecule has 0 amide bonds. The zero-order valence-corrected chi connectivity index (χ0v) is 11.7. The Balaban J connectivity index is 1.66. The first-order chi connectivity index (χ1) is 9.67. The van der Waals surface area contributed by atoms with Gasteiger partial charge in [-0.1, -0.05) is 6.42 Å². The summed E-state index contributed by atoms with van der Waals surface area (Å²) in [6.45, 7) is 0.712. The highest BCUT2D eigenvalue weighted by Crippen LogP contribution is 2.48. The molecule has 2 aliphatic carbocycles. The Bertz CT molecular complexity index is 511. The summed E-state index contributed by atoms with van der Waals surface area (Å²) >= 11 is 0. The monoisotopic (exact) mass is 276 g/mol. The topological polar surface area (TPSA) is 55.8 Å². The number of carboxylic acid groups (broad SMARTS) is 1. The van der Waals surface area contributed by atoms with Gasteiger partial charge in [-0.2, -0.15) is 0 Å². The van der Waals surface area contributed by atoms with Gasteiger partial charge in [0.15, 0.2) is 11.5 Å². The number of aromatic carboxylic acids is 1. The summed E-state index contributed by atoms with van der Waals surface area (Å²) in [7, 11) is 1.53. The second-order valence-corrected chi connectivity index (χ2v) is 5.92. The SMILES string of the molecule is COc1cc(C(=O)O)ccc1OCC1CC2CCC1C2. The predicted molar refractivity (Wildman–Crippen MR) is 74.4 cm³/mol. The number of carboxylic acids is 1. The molecule has 0 spiro atoms. The quantitative estimate of drug-likeness (QED) is 0.897. The average Bonchev–Trinajstić information content (AvgIpc) is 3.07. The fourth-order valence-corrected chi connectivity index (χ4v) is 3.70. The molecule has 1 N–H and O–H groups in total. The van der Waals surface area contributed by atoms with Crippen LogP contribution in [-0.4, -0.2) is 24.8 Å². The minimum atomic E-state index is -0.956. The number of hydrogen-bond donors (Lipinski definition) is 1. The van der Waals surface area contributed by atoms with Crippen LogP contribution in [-0.2, 0) is 0 Å². The van der Waals surface area contributed by atoms with E-state index in [0.717, 1.165) is 11.8 Å². The van der Waals surface area contributed by atoms with Crippen LogP contribution >= 0.6 is 0 Å². The fourth-order valence-electron chi connectivity index (χ4n) is 3.70. The van der Waals surface area contributed by atoms with Crippen LogP contribution < -0.4 is 9.47 Å². The smallest absolute Gasteiger partial charge is 0.335 e. The maximum absolute atomic E-state index is 10.9. The molecule has 0 radical (unpaired) electrons. The van der Waals surface area contributed by atoms with Gasteiger partial charge in [0.1, 0.15) is 0 Å². The number of methoxy groups -OCH3 is 1. The number of fused-ring (bicyclic) bond motifs is 2. The molecule has 1 aromatic carbocycles. The van der Waals surface area contributed by atoms with Crippen LogP contribution in [0.15, 0.2) is 18.2 Å². The molecule has 4 heteroatoms. The lowest BCUT2D eigenvalue weighted by molar-refractivity contribution is 0.0696. The van der Waals surface area contributed by atoms with Gasteiger partial charge in [-0.3, -0.25) is 0 Å². The van der Waals surface area contributed by atoms with E-state index in [4.69, 9.17) is 14.6 Å². The molecule has 0 aromatic heterocycles. The van der Waals surface area contributed by atoms with E-state index in [1.165, 1.54) is 38.9 Å². The number of rotatable bonds is 5. The van der Waals surface area contributed by atoms with Crippen molar-refractivity contribution in [1.29, 1.82) is 0 Å². The fraction of sp³-hybridized carbons (Fsp3) is 0.562. The molecule has 0 heterocycles. The zero-order chi connectivity index (χ0) is 14.1. The lowest BCUT2D eigenvalue weighted by Gasteiger charge is -2.22. The van der Waals surface area contributed by atoms with E-state index >= 15 is 0 Å². The number of hydrogen-bond acceptors (Lipinski definition) is 3. The predicted octanol–water partition coefficient (Wildman–Crippen LogP) is 3.21. The van der Waals surface area contributed by atoms with Crippen LogP contribution in [0.25, 0.3) is 0 Å². The summed E-state index contributed by atoms with van der Waals surface area (Å²) in [4.78, 5) is 10.9. The molecular weight excluding hydrogens is 256 g/mol. The minimum Gasteiger partial charge on any atom is -0.493 e. The Kier molecular flexibility index (Phi) is 3.55. The molecule has 108 valence electrons. The molecule has 3 rings (SSSR count). The van der Waals surface area contributed by atoms with Gasteiger partial charge in [0.2, 0.25) is 0 Å². The van der Waals surface area contributed by atoms with Crippen molar-refractivity contribution < 1.29 is 19.4 Å². The summed E-state index contributed by atoms with van der Waals surface area (Å²) in [6.07, 6.45) is 5.37. The molecule has 2 bridgehead atoms. The summed E-state index contributed by atoms with van der Waals surface area (Å²) in [6, 6.07) is 4.76. The Labute approximate surface area is 118 Å². The van der Waals surface area contributed by atoms with E-state index in [1.807, 2.05) is 0 Å². The highest BCUT2D eigenvalue weighted by molar-refractivity contribution is 5.88. The molecule has 4 nitrogen and oxygen atoms in total. The lowest BCUT2D eigenvalue weighted by Crippen LogP contribution is -2.18. The van der Waals surface area contributed by atoms with Crippen molar-refractivity contribution in [2.45, 2.75) is 25.7 Å². The highest BCUT2D eigenvalue weighted by Gasteiger charge is 2.39. The molecule has 2 fully saturated rings. The highest BCUT2D eigenvalue weighted by atomic mass is 16.5. The number of ether oxygens (including phenoxy) is 2. The Hall–Kier alpha value is -1.71. The maximum atomic E-state index is 10.9. The van der Waals surface area contributed by atoms with Crippen molar-refractivity contribution in [2.75, 3.05) is 13.7 Å².